The number of aldehydes is 1. The van der Waals surface area contributed by atoms with Crippen LogP contribution in [0.1, 0.15) is 32.6 Å². The minimum atomic E-state index is -4.62. The summed E-state index contributed by atoms with van der Waals surface area (Å²) in [5, 5.41) is 0. The molecule has 0 N–H and O–H groups in total. The third-order valence-electron chi connectivity index (χ3n) is 2.96. The summed E-state index contributed by atoms with van der Waals surface area (Å²) in [7, 11) is 3.95. The van der Waals surface area contributed by atoms with Crippen molar-refractivity contribution in [1.29, 1.82) is 0 Å². The molecule has 7 heteroatoms. The van der Waals surface area contributed by atoms with Crippen molar-refractivity contribution < 1.29 is 32.2 Å². The third-order valence-corrected chi connectivity index (χ3v) is 2.96. The van der Waals surface area contributed by atoms with Gasteiger partial charge in [-0.05, 0) is 17.2 Å². The van der Waals surface area contributed by atoms with E-state index in [1.807, 2.05) is 0 Å². The van der Waals surface area contributed by atoms with Gasteiger partial charge in [-0.15, -0.1) is 0 Å². The second kappa shape index (κ2) is 7.53. The summed E-state index contributed by atoms with van der Waals surface area (Å²) in [6.45, 7) is -0.591. The van der Waals surface area contributed by atoms with Gasteiger partial charge in [0.1, 0.15) is 6.29 Å². The predicted octanol–water partition coefficient (Wildman–Crippen LogP) is 2.96. The Morgan fingerprint density at radius 3 is 1.95 bits per heavy atom. The zero-order chi connectivity index (χ0) is 16.0. The number of hydrogen-bond acceptors (Lipinski definition) is 4. The summed E-state index contributed by atoms with van der Waals surface area (Å²) in [6, 6.07) is 1.38. The minimum absolute atomic E-state index is 0.0375. The van der Waals surface area contributed by atoms with Crippen molar-refractivity contribution in [3.63, 3.8) is 0 Å². The maximum Gasteiger partial charge on any atom is 0.417 e. The van der Waals surface area contributed by atoms with Gasteiger partial charge in [0.2, 0.25) is 0 Å². The summed E-state index contributed by atoms with van der Waals surface area (Å²) in [6.07, 6.45) is -4.23. The van der Waals surface area contributed by atoms with Gasteiger partial charge in [0.15, 0.2) is 0 Å². The molecule has 0 fully saturated rings. The summed E-state index contributed by atoms with van der Waals surface area (Å²) in [4.78, 5) is 11.1. The second-order valence-electron chi connectivity index (χ2n) is 4.37. The van der Waals surface area contributed by atoms with Crippen LogP contribution >= 0.6 is 0 Å². The summed E-state index contributed by atoms with van der Waals surface area (Å²) >= 11 is 0. The van der Waals surface area contributed by atoms with Crippen LogP contribution in [0.3, 0.4) is 0 Å². The van der Waals surface area contributed by atoms with E-state index in [-0.39, 0.29) is 42.1 Å². The highest BCUT2D eigenvalue weighted by molar-refractivity contribution is 5.79. The van der Waals surface area contributed by atoms with Gasteiger partial charge in [-0.1, -0.05) is 0 Å². The van der Waals surface area contributed by atoms with E-state index < -0.39 is 11.7 Å². The van der Waals surface area contributed by atoms with Crippen molar-refractivity contribution in [2.24, 2.45) is 0 Å². The highest BCUT2D eigenvalue weighted by atomic mass is 19.4. The quantitative estimate of drug-likeness (QED) is 0.727. The Balaban J connectivity index is 3.69. The molecule has 0 aliphatic carbocycles. The number of benzene rings is 1. The fraction of sp³-hybridized carbons (Fsp3) is 0.500. The van der Waals surface area contributed by atoms with Crippen molar-refractivity contribution in [1.82, 2.24) is 0 Å². The van der Waals surface area contributed by atoms with E-state index in [1.54, 1.807) is 0 Å². The molecule has 21 heavy (non-hydrogen) atoms. The molecule has 118 valence electrons. The van der Waals surface area contributed by atoms with Gasteiger partial charge in [-0.3, -0.25) is 4.79 Å². The van der Waals surface area contributed by atoms with Crippen molar-refractivity contribution in [3.05, 3.63) is 33.9 Å². The third kappa shape index (κ3) is 4.03. The molecule has 1 aromatic rings. The van der Waals surface area contributed by atoms with Crippen molar-refractivity contribution >= 4 is 6.29 Å². The molecule has 0 unspecified atom stereocenters. The van der Waals surface area contributed by atoms with Crippen LogP contribution in [0, 0.1) is 0 Å². The topological polar surface area (TPSA) is 44.8 Å². The van der Waals surface area contributed by atoms with Crippen LogP contribution < -0.4 is 0 Å². The Morgan fingerprint density at radius 2 is 1.52 bits per heavy atom. The maximum absolute atomic E-state index is 13.4. The SMILES string of the molecule is COCc1cc(C=O)c(COC)c(C(F)(F)F)c1COC. The smallest absolute Gasteiger partial charge is 0.380 e. The molecule has 4 nitrogen and oxygen atoms in total. The molecular weight excluding hydrogens is 289 g/mol. The van der Waals surface area contributed by atoms with E-state index in [0.717, 1.165) is 0 Å². The van der Waals surface area contributed by atoms with Crippen LogP contribution in [0.5, 0.6) is 0 Å². The van der Waals surface area contributed by atoms with Crippen LogP contribution in [0.2, 0.25) is 0 Å². The lowest BCUT2D eigenvalue weighted by atomic mass is 9.92. The first-order valence-electron chi connectivity index (χ1n) is 6.07. The molecule has 0 heterocycles. The van der Waals surface area contributed by atoms with Gasteiger partial charge < -0.3 is 14.2 Å². The van der Waals surface area contributed by atoms with E-state index in [0.29, 0.717) is 6.29 Å². The number of ether oxygens (including phenoxy) is 3. The molecule has 1 aromatic carbocycles. The van der Waals surface area contributed by atoms with Crippen LogP contribution in [0.25, 0.3) is 0 Å². The maximum atomic E-state index is 13.4. The lowest BCUT2D eigenvalue weighted by Crippen LogP contribution is -2.18. The Bertz CT molecular complexity index is 498. The first-order chi connectivity index (χ1) is 9.90. The Hall–Kier alpha value is -1.44. The number of halogens is 3. The molecule has 0 saturated heterocycles. The lowest BCUT2D eigenvalue weighted by Gasteiger charge is -2.21. The molecule has 0 aromatic heterocycles. The van der Waals surface area contributed by atoms with Gasteiger partial charge in [-0.25, -0.2) is 0 Å². The Kier molecular flexibility index (Phi) is 6.32. The monoisotopic (exact) mass is 306 g/mol. The molecule has 0 aliphatic heterocycles. The normalized spacial score (nSPS) is 11.7. The number of carbonyl (C=O) groups excluding carboxylic acids is 1. The largest absolute Gasteiger partial charge is 0.417 e. The average molecular weight is 306 g/mol. The van der Waals surface area contributed by atoms with Crippen LogP contribution in [-0.2, 0) is 40.2 Å². The first kappa shape index (κ1) is 17.6. The number of rotatable bonds is 7. The van der Waals surface area contributed by atoms with Gasteiger partial charge in [-0.2, -0.15) is 13.2 Å². The zero-order valence-corrected chi connectivity index (χ0v) is 12.0. The highest BCUT2D eigenvalue weighted by Gasteiger charge is 2.38. The molecule has 1 rings (SSSR count). The molecule has 0 saturated carbocycles. The summed E-state index contributed by atoms with van der Waals surface area (Å²) in [5.74, 6) is 0. The average Bonchev–Trinajstić information content (AvgIpc) is 2.40. The number of methoxy groups -OCH3 is 3. The molecule has 0 aliphatic rings. The van der Waals surface area contributed by atoms with Crippen molar-refractivity contribution in [2.45, 2.75) is 26.0 Å². The van der Waals surface area contributed by atoms with Gasteiger partial charge in [0, 0.05) is 32.5 Å². The molecule has 0 spiro atoms. The van der Waals surface area contributed by atoms with Crippen molar-refractivity contribution in [2.75, 3.05) is 21.3 Å². The lowest BCUT2D eigenvalue weighted by molar-refractivity contribution is -0.140. The van der Waals surface area contributed by atoms with E-state index in [9.17, 15) is 18.0 Å². The van der Waals surface area contributed by atoms with E-state index in [2.05, 4.69) is 0 Å². The first-order valence-corrected chi connectivity index (χ1v) is 6.07. The standard InChI is InChI=1S/C14H17F3O4/c1-19-6-10-4-9(5-18)11(7-20-2)13(14(15,16)17)12(10)8-21-3/h4-5H,6-8H2,1-3H3. The van der Waals surface area contributed by atoms with E-state index >= 15 is 0 Å². The highest BCUT2D eigenvalue weighted by Crippen LogP contribution is 2.38. The fourth-order valence-corrected chi connectivity index (χ4v) is 2.19. The van der Waals surface area contributed by atoms with E-state index in [1.165, 1.54) is 27.4 Å². The van der Waals surface area contributed by atoms with Gasteiger partial charge >= 0.3 is 6.18 Å². The molecule has 0 amide bonds. The van der Waals surface area contributed by atoms with Crippen molar-refractivity contribution in [3.8, 4) is 0 Å². The molecule has 0 bridgehead atoms. The Morgan fingerprint density at radius 1 is 1.00 bits per heavy atom. The Labute approximate surface area is 120 Å². The van der Waals surface area contributed by atoms with Crippen LogP contribution in [-0.4, -0.2) is 27.6 Å². The fourth-order valence-electron chi connectivity index (χ4n) is 2.19. The summed E-state index contributed by atoms with van der Waals surface area (Å²) in [5.41, 5.74) is -0.899. The number of hydrogen-bond donors (Lipinski definition) is 0. The summed E-state index contributed by atoms with van der Waals surface area (Å²) < 4.78 is 54.9. The van der Waals surface area contributed by atoms with Crippen LogP contribution in [0.4, 0.5) is 13.2 Å². The van der Waals surface area contributed by atoms with Gasteiger partial charge in [0.25, 0.3) is 0 Å². The number of carbonyl (C=O) groups is 1. The van der Waals surface area contributed by atoms with E-state index in [4.69, 9.17) is 14.2 Å². The van der Waals surface area contributed by atoms with Crippen LogP contribution in [0.15, 0.2) is 6.07 Å². The van der Waals surface area contributed by atoms with Gasteiger partial charge in [0.05, 0.1) is 25.4 Å². The zero-order valence-electron chi connectivity index (χ0n) is 12.0. The molecular formula is C14H17F3O4. The predicted molar refractivity (Wildman–Crippen MR) is 69.0 cm³/mol. The molecule has 0 radical (unpaired) electrons. The second-order valence-corrected chi connectivity index (χ2v) is 4.37. The molecule has 0 atom stereocenters. The minimum Gasteiger partial charge on any atom is -0.380 e. The number of alkyl halides is 3.